The van der Waals surface area contributed by atoms with Crippen molar-refractivity contribution in [1.82, 2.24) is 68.1 Å². The van der Waals surface area contributed by atoms with E-state index in [0.717, 1.165) is 165 Å². The zero-order valence-electron chi connectivity index (χ0n) is 50.7. The van der Waals surface area contributed by atoms with E-state index in [1.165, 1.54) is 0 Å². The molecule has 3 aliphatic heterocycles. The number of nitrogens with zero attached hydrogens (tertiary/aromatic N) is 14. The Bertz CT molecular complexity index is 4490. The van der Waals surface area contributed by atoms with Crippen LogP contribution >= 0.6 is 0 Å². The number of hydrogen-bond donors (Lipinski definition) is 0. The molecule has 0 radical (unpaired) electrons. The Labute approximate surface area is 508 Å². The van der Waals surface area contributed by atoms with Crippen LogP contribution in [0.25, 0.3) is 66.2 Å². The van der Waals surface area contributed by atoms with Crippen LogP contribution in [0.5, 0.6) is 0 Å². The number of pyridine rings is 6. The highest BCUT2D eigenvalue weighted by atomic mass is 16.2. The predicted molar refractivity (Wildman–Crippen MR) is 333 cm³/mol. The summed E-state index contributed by atoms with van der Waals surface area (Å²) in [6, 6.07) is 0. The molecule has 16 rings (SSSR count). The van der Waals surface area contributed by atoms with E-state index in [1.54, 1.807) is 42.1 Å². The molecule has 2 unspecified atom stereocenters. The molecule has 1 saturated heterocycles. The third kappa shape index (κ3) is 8.39. The van der Waals surface area contributed by atoms with Gasteiger partial charge in [0.25, 0.3) is 11.8 Å². The van der Waals surface area contributed by atoms with Gasteiger partial charge >= 0.3 is 0 Å². The van der Waals surface area contributed by atoms with Crippen molar-refractivity contribution in [2.24, 2.45) is 11.8 Å². The van der Waals surface area contributed by atoms with Gasteiger partial charge in [0.15, 0.2) is 23.1 Å². The van der Waals surface area contributed by atoms with Gasteiger partial charge < -0.3 is 38.2 Å². The summed E-state index contributed by atoms with van der Waals surface area (Å²) in [7, 11) is 1.83. The average Bonchev–Trinajstić information content (AvgIpc) is 1.64. The van der Waals surface area contributed by atoms with Crippen molar-refractivity contribution >= 4 is 101 Å². The molecule has 450 valence electrons. The minimum absolute atomic E-state index is 0.0142. The smallest absolute Gasteiger partial charge is 0.256 e. The normalized spacial score (nSPS) is 19.3. The molecule has 20 nitrogen and oxygen atoms in total. The van der Waals surface area contributed by atoms with Gasteiger partial charge in [-0.25, -0.2) is 29.9 Å². The number of aromatic nitrogens is 9. The maximum atomic E-state index is 14.6. The molecule has 9 aromatic rings. The molecule has 4 aliphatic carbocycles. The fourth-order valence-corrected chi connectivity index (χ4v) is 16.6. The molecule has 1 fully saturated rings. The summed E-state index contributed by atoms with van der Waals surface area (Å²) in [5, 5.41) is 5.78. The van der Waals surface area contributed by atoms with Gasteiger partial charge in [-0.3, -0.25) is 28.8 Å². The summed E-state index contributed by atoms with van der Waals surface area (Å²) in [6.07, 6.45) is 18.0. The molecule has 2 atom stereocenters. The molecule has 20 heteroatoms. The van der Waals surface area contributed by atoms with Crippen LogP contribution < -0.4 is 0 Å². The van der Waals surface area contributed by atoms with E-state index in [4.69, 9.17) is 29.9 Å². The van der Waals surface area contributed by atoms with Crippen molar-refractivity contribution in [3.8, 4) is 0 Å². The van der Waals surface area contributed by atoms with Gasteiger partial charge in [0.2, 0.25) is 0 Å². The summed E-state index contributed by atoms with van der Waals surface area (Å²) >= 11 is 0. The topological polar surface area (TPSA) is 211 Å². The summed E-state index contributed by atoms with van der Waals surface area (Å²) in [5.74, 6) is 0.509. The molecule has 0 N–H and O–H groups in total. The van der Waals surface area contributed by atoms with Gasteiger partial charge in [0.05, 0.1) is 11.1 Å². The monoisotopic (exact) mass is 1180 g/mol. The van der Waals surface area contributed by atoms with Crippen LogP contribution in [0.4, 0.5) is 0 Å². The quantitative estimate of drug-likeness (QED) is 0.0841. The zero-order valence-corrected chi connectivity index (χ0v) is 50.7. The van der Waals surface area contributed by atoms with E-state index < -0.39 is 0 Å². The summed E-state index contributed by atoms with van der Waals surface area (Å²) in [5.41, 5.74) is 14.9. The maximum Gasteiger partial charge on any atom is 0.256 e. The van der Waals surface area contributed by atoms with Crippen LogP contribution in [0.15, 0.2) is 37.2 Å². The van der Waals surface area contributed by atoms with Crippen molar-refractivity contribution in [3.05, 3.63) is 104 Å². The number of rotatable bonds is 17. The highest BCUT2D eigenvalue weighted by Crippen LogP contribution is 2.45. The first-order valence-corrected chi connectivity index (χ1v) is 32.2. The number of Topliss-reactive ketones (excluding diaryl/α,β-unsaturated/α-hetero) is 4. The number of likely N-dealkylation sites (N-methyl/N-ethyl adjacent to an activating group) is 2. The fourth-order valence-electron chi connectivity index (χ4n) is 16.6. The number of fused-ring (bicyclic) bond motifs is 21. The molecule has 0 saturated carbocycles. The third-order valence-corrected chi connectivity index (χ3v) is 21.4. The van der Waals surface area contributed by atoms with Gasteiger partial charge in [-0.15, -0.1) is 0 Å². The van der Waals surface area contributed by atoms with Gasteiger partial charge in [-0.05, 0) is 130 Å². The lowest BCUT2D eigenvalue weighted by Gasteiger charge is -2.23. The number of likely N-dealkylation sites (tertiary alicyclic amines) is 1. The van der Waals surface area contributed by atoms with Crippen LogP contribution in [-0.4, -0.2) is 176 Å². The summed E-state index contributed by atoms with van der Waals surface area (Å²) in [4.78, 5) is 122. The van der Waals surface area contributed by atoms with E-state index in [1.807, 2.05) is 11.9 Å². The molecule has 0 bridgehead atoms. The van der Waals surface area contributed by atoms with Crippen LogP contribution in [0.2, 0.25) is 0 Å². The number of carbonyl (C=O) groups is 6. The number of amides is 2. The second-order valence-electron chi connectivity index (χ2n) is 25.8. The lowest BCUT2D eigenvalue weighted by molar-refractivity contribution is 0.0744. The maximum absolute atomic E-state index is 14.6. The standard InChI is InChI=1S/C68H72N14O6/c1-5-76(6-2)21-24-80-65-58(49-35-75(4)67(87)47(49)32-73-65)59-50-36-79(68(88)48(50)33-74-66(59)80)34-37-9-8-18-78(19-16-37)23-26-82-63-56(41-12-15-53(85)45(41)30-71-63)57-42-27-38(60(86)46(42)31-72-64(57)82)17-20-77(7-3)22-25-81-61-54(39-10-13-51(83)43(39)28-69-61)55-40-11-14-52(84)44(40)29-70-62(55)81/h28-33,37-38H,5-27,34-36H2,1-4H3. The van der Waals surface area contributed by atoms with Gasteiger partial charge in [-0.2, -0.15) is 0 Å². The Morgan fingerprint density at radius 1 is 0.455 bits per heavy atom. The average molecular weight is 1180 g/mol. The van der Waals surface area contributed by atoms with Crippen LogP contribution in [-0.2, 0) is 58.4 Å². The summed E-state index contributed by atoms with van der Waals surface area (Å²) in [6.45, 7) is 17.6. The Morgan fingerprint density at radius 2 is 0.909 bits per heavy atom. The first-order chi connectivity index (χ1) is 42.9. The zero-order chi connectivity index (χ0) is 60.0. The molecule has 9 aromatic heterocycles. The van der Waals surface area contributed by atoms with E-state index >= 15 is 0 Å². The second kappa shape index (κ2) is 21.3. The van der Waals surface area contributed by atoms with Crippen molar-refractivity contribution in [2.45, 2.75) is 124 Å². The molecular formula is C68H72N14O6. The summed E-state index contributed by atoms with van der Waals surface area (Å²) < 4.78 is 6.60. The fraction of sp³-hybridized carbons (Fsp3) is 0.471. The SMILES string of the molecule is CCN(CC)CCn1c2ncc3c(c2c2c4c(cnc21)C(=O)N(CC1CCCN(CCn2c5ncc6c(c5c5c7c(cnc52)C(=O)C(CCN(CC)CCn2c5ncc8c(c5c5c9c(cnc52)C(=O)CC9)CCC8=O)C7)CCC6=O)CC1)C4)CN(C)C3=O. The van der Waals surface area contributed by atoms with Gasteiger partial charge in [0, 0.05) is 183 Å². The molecule has 0 aromatic carbocycles. The minimum Gasteiger partial charge on any atom is -0.337 e. The number of aryl methyl sites for hydroxylation is 3. The minimum atomic E-state index is -0.229. The first kappa shape index (κ1) is 55.1. The molecule has 7 aliphatic rings. The van der Waals surface area contributed by atoms with E-state index in [9.17, 15) is 28.8 Å². The number of hydrogen-bond acceptors (Lipinski definition) is 15. The molecule has 2 amide bonds. The Hall–Kier alpha value is -8.20. The number of carbonyl (C=O) groups excluding carboxylic acids is 6. The predicted octanol–water partition coefficient (Wildman–Crippen LogP) is 8.22. The van der Waals surface area contributed by atoms with Gasteiger partial charge in [-0.1, -0.05) is 20.8 Å². The molecule has 88 heavy (non-hydrogen) atoms. The van der Waals surface area contributed by atoms with E-state index in [0.29, 0.717) is 143 Å². The van der Waals surface area contributed by atoms with Crippen molar-refractivity contribution in [1.29, 1.82) is 0 Å². The van der Waals surface area contributed by atoms with E-state index in [2.05, 4.69) is 49.2 Å². The number of ketones is 4. The Kier molecular flexibility index (Phi) is 13.3. The molecular weight excluding hydrogens is 1110 g/mol. The van der Waals surface area contributed by atoms with Crippen molar-refractivity contribution in [3.63, 3.8) is 0 Å². The first-order valence-electron chi connectivity index (χ1n) is 32.2. The highest BCUT2D eigenvalue weighted by Gasteiger charge is 2.39. The van der Waals surface area contributed by atoms with Crippen molar-refractivity contribution < 1.29 is 28.8 Å². The largest absolute Gasteiger partial charge is 0.337 e. The van der Waals surface area contributed by atoms with Crippen LogP contribution in [0.3, 0.4) is 0 Å². The van der Waals surface area contributed by atoms with E-state index in [-0.39, 0.29) is 40.9 Å². The van der Waals surface area contributed by atoms with Gasteiger partial charge in [0.1, 0.15) is 33.9 Å². The van der Waals surface area contributed by atoms with Crippen LogP contribution in [0, 0.1) is 11.8 Å². The molecule has 12 heterocycles. The Morgan fingerprint density at radius 3 is 1.44 bits per heavy atom. The lowest BCUT2D eigenvalue weighted by atomic mass is 9.99. The lowest BCUT2D eigenvalue weighted by Crippen LogP contribution is -2.31. The Balaban J connectivity index is 0.619. The van der Waals surface area contributed by atoms with Crippen LogP contribution in [0.1, 0.15) is 161 Å². The molecule has 0 spiro atoms. The third-order valence-electron chi connectivity index (χ3n) is 21.4. The second-order valence-corrected chi connectivity index (χ2v) is 25.8. The highest BCUT2D eigenvalue weighted by molar-refractivity contribution is 6.20. The van der Waals surface area contributed by atoms with Crippen molar-refractivity contribution in [2.75, 3.05) is 72.5 Å².